The van der Waals surface area contributed by atoms with E-state index in [9.17, 15) is 9.90 Å². The van der Waals surface area contributed by atoms with Crippen LogP contribution in [0.4, 0.5) is 0 Å². The molecule has 0 atom stereocenters. The molecule has 0 bridgehead atoms. The lowest BCUT2D eigenvalue weighted by Crippen LogP contribution is -2.11. The Morgan fingerprint density at radius 1 is 1.00 bits per heavy atom. The van der Waals surface area contributed by atoms with Crippen molar-refractivity contribution in [3.63, 3.8) is 0 Å². The first-order valence-corrected chi connectivity index (χ1v) is 7.00. The van der Waals surface area contributed by atoms with Crippen LogP contribution < -0.4 is 4.74 Å². The molecule has 22 heavy (non-hydrogen) atoms. The fraction of sp³-hybridized carbons (Fsp3) is 0.105. The Bertz CT molecular complexity index is 673. The Labute approximate surface area is 130 Å². The van der Waals surface area contributed by atoms with Gasteiger partial charge in [-0.05, 0) is 36.1 Å². The summed E-state index contributed by atoms with van der Waals surface area (Å²) in [6.45, 7) is 7.45. The summed E-state index contributed by atoms with van der Waals surface area (Å²) < 4.78 is 5.55. The summed E-state index contributed by atoms with van der Waals surface area (Å²) in [7, 11) is 0. The van der Waals surface area contributed by atoms with Crippen molar-refractivity contribution in [3.05, 3.63) is 84.5 Å². The van der Waals surface area contributed by atoms with Gasteiger partial charge in [0.1, 0.15) is 17.1 Å². The average Bonchev–Trinajstić information content (AvgIpc) is 2.51. The van der Waals surface area contributed by atoms with Crippen LogP contribution in [0.15, 0.2) is 67.8 Å². The van der Waals surface area contributed by atoms with E-state index in [1.807, 2.05) is 18.2 Å². The second-order valence-corrected chi connectivity index (χ2v) is 4.80. The molecule has 0 aliphatic carbocycles. The lowest BCUT2D eigenvalue weighted by molar-refractivity contribution is 0.0728. The second-order valence-electron chi connectivity index (χ2n) is 4.80. The zero-order valence-corrected chi connectivity index (χ0v) is 12.3. The maximum absolute atomic E-state index is 12.3. The summed E-state index contributed by atoms with van der Waals surface area (Å²) in [4.78, 5) is 12.3. The van der Waals surface area contributed by atoms with Gasteiger partial charge < -0.3 is 9.84 Å². The van der Waals surface area contributed by atoms with E-state index in [2.05, 4.69) is 13.2 Å². The highest BCUT2D eigenvalue weighted by molar-refractivity contribution is 5.94. The summed E-state index contributed by atoms with van der Waals surface area (Å²) in [5.74, 6) is -0.172. The quantitative estimate of drug-likeness (QED) is 0.496. The van der Waals surface area contributed by atoms with Gasteiger partial charge in [-0.2, -0.15) is 0 Å². The average molecular weight is 294 g/mol. The van der Waals surface area contributed by atoms with Crippen LogP contribution in [0.25, 0.3) is 0 Å². The van der Waals surface area contributed by atoms with Crippen LogP contribution in [0.2, 0.25) is 0 Å². The number of aromatic hydroxyl groups is 1. The first-order chi connectivity index (χ1) is 10.7. The number of ether oxygens (including phenoxy) is 1. The Kier molecular flexibility index (Phi) is 5.15. The number of para-hydroxylation sites is 2. The Morgan fingerprint density at radius 2 is 1.59 bits per heavy atom. The Hall–Kier alpha value is -2.81. The fourth-order valence-corrected chi connectivity index (χ4v) is 2.20. The van der Waals surface area contributed by atoms with Gasteiger partial charge in [-0.25, -0.2) is 4.79 Å². The van der Waals surface area contributed by atoms with Gasteiger partial charge >= 0.3 is 5.97 Å². The maximum Gasteiger partial charge on any atom is 0.347 e. The maximum atomic E-state index is 12.3. The molecule has 2 aromatic carbocycles. The van der Waals surface area contributed by atoms with Crippen molar-refractivity contribution in [3.8, 4) is 11.5 Å². The van der Waals surface area contributed by atoms with Crippen LogP contribution in [0, 0.1) is 0 Å². The molecule has 3 heteroatoms. The van der Waals surface area contributed by atoms with Crippen LogP contribution in [0.1, 0.15) is 21.5 Å². The van der Waals surface area contributed by atoms with Crippen molar-refractivity contribution in [2.75, 3.05) is 0 Å². The van der Waals surface area contributed by atoms with Crippen LogP contribution >= 0.6 is 0 Å². The minimum Gasteiger partial charge on any atom is -0.507 e. The van der Waals surface area contributed by atoms with E-state index in [1.54, 1.807) is 24.3 Å². The molecule has 2 aromatic rings. The van der Waals surface area contributed by atoms with Gasteiger partial charge in [0.2, 0.25) is 0 Å². The summed E-state index contributed by atoms with van der Waals surface area (Å²) in [6.07, 6.45) is 4.69. The normalized spacial score (nSPS) is 10.0. The predicted molar refractivity (Wildman–Crippen MR) is 87.3 cm³/mol. The molecule has 1 N–H and O–H groups in total. The molecule has 0 aliphatic rings. The van der Waals surface area contributed by atoms with Crippen molar-refractivity contribution in [2.45, 2.75) is 12.8 Å². The zero-order valence-electron chi connectivity index (χ0n) is 12.3. The Morgan fingerprint density at radius 3 is 2.14 bits per heavy atom. The first-order valence-electron chi connectivity index (χ1n) is 7.00. The van der Waals surface area contributed by atoms with Gasteiger partial charge in [0.05, 0.1) is 0 Å². The van der Waals surface area contributed by atoms with Crippen molar-refractivity contribution in [1.82, 2.24) is 0 Å². The Balaban J connectivity index is 2.38. The van der Waals surface area contributed by atoms with Crippen LogP contribution in [0.3, 0.4) is 0 Å². The third kappa shape index (κ3) is 3.44. The monoisotopic (exact) mass is 294 g/mol. The summed E-state index contributed by atoms with van der Waals surface area (Å²) >= 11 is 0. The van der Waals surface area contributed by atoms with Crippen molar-refractivity contribution in [2.24, 2.45) is 0 Å². The molecule has 0 saturated carbocycles. The third-order valence-electron chi connectivity index (χ3n) is 3.23. The summed E-state index contributed by atoms with van der Waals surface area (Å²) in [5, 5.41) is 9.77. The molecule has 2 rings (SSSR count). The molecular weight excluding hydrogens is 276 g/mol. The second kappa shape index (κ2) is 7.27. The minimum absolute atomic E-state index is 0.0982. The van der Waals surface area contributed by atoms with Gasteiger partial charge in [0.25, 0.3) is 0 Å². The smallest absolute Gasteiger partial charge is 0.347 e. The van der Waals surface area contributed by atoms with E-state index in [1.165, 1.54) is 12.1 Å². The number of benzene rings is 2. The van der Waals surface area contributed by atoms with E-state index in [4.69, 9.17) is 4.74 Å². The molecule has 0 amide bonds. The van der Waals surface area contributed by atoms with E-state index < -0.39 is 5.97 Å². The molecule has 0 radical (unpaired) electrons. The predicted octanol–water partition coefficient (Wildman–Crippen LogP) is 4.07. The van der Waals surface area contributed by atoms with Crippen molar-refractivity contribution in [1.29, 1.82) is 0 Å². The topological polar surface area (TPSA) is 46.5 Å². The van der Waals surface area contributed by atoms with Gasteiger partial charge in [0, 0.05) is 0 Å². The first kappa shape index (κ1) is 15.6. The van der Waals surface area contributed by atoms with E-state index in [0.29, 0.717) is 18.6 Å². The van der Waals surface area contributed by atoms with Crippen molar-refractivity contribution >= 4 is 5.97 Å². The molecule has 0 unspecified atom stereocenters. The van der Waals surface area contributed by atoms with Gasteiger partial charge in [-0.3, -0.25) is 0 Å². The third-order valence-corrected chi connectivity index (χ3v) is 3.23. The number of allylic oxidation sites excluding steroid dienone is 2. The number of phenolic OH excluding ortho intramolecular Hbond substituents is 1. The molecule has 0 aromatic heterocycles. The zero-order chi connectivity index (χ0) is 15.9. The standard InChI is InChI=1S/C19H18O3/c1-3-8-14-10-7-11-15(9-4-2)18(14)22-19(21)16-12-5-6-13-17(16)20/h3-7,10-13,20H,1-2,8-9H2. The highest BCUT2D eigenvalue weighted by Crippen LogP contribution is 2.28. The number of carbonyl (C=O) groups is 1. The van der Waals surface area contributed by atoms with E-state index >= 15 is 0 Å². The SMILES string of the molecule is C=CCc1cccc(CC=C)c1OC(=O)c1ccccc1O. The van der Waals surface area contributed by atoms with Gasteiger partial charge in [-0.1, -0.05) is 42.5 Å². The molecule has 112 valence electrons. The van der Waals surface area contributed by atoms with Crippen LogP contribution in [-0.4, -0.2) is 11.1 Å². The highest BCUT2D eigenvalue weighted by atomic mass is 16.5. The highest BCUT2D eigenvalue weighted by Gasteiger charge is 2.17. The van der Waals surface area contributed by atoms with Gasteiger partial charge in [-0.15, -0.1) is 13.2 Å². The van der Waals surface area contributed by atoms with Gasteiger partial charge in [0.15, 0.2) is 0 Å². The molecule has 0 fully saturated rings. The van der Waals surface area contributed by atoms with Crippen molar-refractivity contribution < 1.29 is 14.6 Å². The molecule has 0 spiro atoms. The van der Waals surface area contributed by atoms with Crippen LogP contribution in [0.5, 0.6) is 11.5 Å². The minimum atomic E-state index is -0.583. The molecule has 3 nitrogen and oxygen atoms in total. The largest absolute Gasteiger partial charge is 0.507 e. The fourth-order valence-electron chi connectivity index (χ4n) is 2.20. The number of carbonyl (C=O) groups excluding carboxylic acids is 1. The lowest BCUT2D eigenvalue weighted by Gasteiger charge is -2.13. The van der Waals surface area contributed by atoms with E-state index in [0.717, 1.165) is 11.1 Å². The number of rotatable bonds is 6. The van der Waals surface area contributed by atoms with E-state index in [-0.39, 0.29) is 11.3 Å². The number of hydrogen-bond acceptors (Lipinski definition) is 3. The summed E-state index contributed by atoms with van der Waals surface area (Å²) in [6, 6.07) is 12.0. The number of hydrogen-bond donors (Lipinski definition) is 1. The number of esters is 1. The summed E-state index contributed by atoms with van der Waals surface area (Å²) in [5.41, 5.74) is 1.89. The molecule has 0 saturated heterocycles. The number of phenols is 1. The van der Waals surface area contributed by atoms with Crippen LogP contribution in [-0.2, 0) is 12.8 Å². The lowest BCUT2D eigenvalue weighted by atomic mass is 10.0. The molecule has 0 heterocycles. The molecular formula is C19H18O3. The molecule has 0 aliphatic heterocycles.